The van der Waals surface area contributed by atoms with Gasteiger partial charge in [0.2, 0.25) is 0 Å². The summed E-state index contributed by atoms with van der Waals surface area (Å²) < 4.78 is 6.84. The average molecular weight is 686 g/mol. The number of ether oxygens (including phenoxy) is 1. The number of fused-ring (bicyclic) bond motifs is 2. The van der Waals surface area contributed by atoms with E-state index >= 15 is 0 Å². The highest BCUT2D eigenvalue weighted by molar-refractivity contribution is 5.73. The number of hydrogen-bond donors (Lipinski definition) is 0. The Labute approximate surface area is 310 Å². The maximum absolute atomic E-state index is 6.84. The Morgan fingerprint density at radius 2 is 0.792 bits per heavy atom. The third kappa shape index (κ3) is 4.99. The van der Waals surface area contributed by atoms with Gasteiger partial charge in [-0.25, -0.2) is 15.0 Å². The Morgan fingerprint density at radius 3 is 1.34 bits per heavy atom. The second kappa shape index (κ2) is 12.1. The lowest BCUT2D eigenvalue weighted by Gasteiger charge is -2.63. The van der Waals surface area contributed by atoms with Crippen LogP contribution in [0.5, 0.6) is 11.5 Å². The monoisotopic (exact) mass is 685 g/mol. The standard InChI is InChI=1S/C49H39N3O/c1-3-9-33(10-4-1)35-15-19-37(20-16-35)46-50-47(38-21-17-36(18-22-38)34-11-5-2-6-12-34)52-48(51-46)39-23-24-43-45(30-39)53-44-14-8-7-13-42(44)49(43)40-26-31-25-32(28-40)29-41(49)27-31/h1-24,30-32,40-41H,25-29H2. The fourth-order valence-electron chi connectivity index (χ4n) is 10.7. The van der Waals surface area contributed by atoms with Crippen LogP contribution in [-0.2, 0) is 5.41 Å². The number of nitrogens with zero attached hydrogens (tertiary/aromatic N) is 3. The van der Waals surface area contributed by atoms with E-state index in [9.17, 15) is 0 Å². The van der Waals surface area contributed by atoms with Crippen LogP contribution in [0.1, 0.15) is 43.2 Å². The van der Waals surface area contributed by atoms with Gasteiger partial charge in [-0.1, -0.05) is 140 Å². The van der Waals surface area contributed by atoms with Crippen molar-refractivity contribution in [2.75, 3.05) is 0 Å². The lowest BCUT2D eigenvalue weighted by atomic mass is 9.42. The Kier molecular flexibility index (Phi) is 7.01. The van der Waals surface area contributed by atoms with E-state index in [0.29, 0.717) is 29.3 Å². The van der Waals surface area contributed by atoms with Crippen molar-refractivity contribution in [3.8, 4) is 67.9 Å². The minimum atomic E-state index is 0.00649. The van der Waals surface area contributed by atoms with Crippen LogP contribution in [0.2, 0.25) is 0 Å². The van der Waals surface area contributed by atoms with Crippen molar-refractivity contribution in [1.82, 2.24) is 15.0 Å². The highest BCUT2D eigenvalue weighted by Gasteiger charge is 2.61. The third-order valence-electron chi connectivity index (χ3n) is 12.8. The molecule has 53 heavy (non-hydrogen) atoms. The average Bonchev–Trinajstić information content (AvgIpc) is 3.22. The summed E-state index contributed by atoms with van der Waals surface area (Å²) in [5.74, 6) is 6.99. The van der Waals surface area contributed by atoms with E-state index in [0.717, 1.165) is 51.2 Å². The molecule has 4 fully saturated rings. The summed E-state index contributed by atoms with van der Waals surface area (Å²) in [7, 11) is 0. The zero-order valence-electron chi connectivity index (χ0n) is 29.5. The van der Waals surface area contributed by atoms with Gasteiger partial charge in [0.25, 0.3) is 0 Å². The van der Waals surface area contributed by atoms with Gasteiger partial charge in [0.05, 0.1) is 0 Å². The summed E-state index contributed by atoms with van der Waals surface area (Å²) in [5, 5.41) is 0. The van der Waals surface area contributed by atoms with Crippen LogP contribution in [0.25, 0.3) is 56.4 Å². The molecule has 4 nitrogen and oxygen atoms in total. The second-order valence-corrected chi connectivity index (χ2v) is 15.7. The molecule has 0 unspecified atom stereocenters. The van der Waals surface area contributed by atoms with E-state index in [1.807, 2.05) is 12.1 Å². The van der Waals surface area contributed by atoms with Crippen molar-refractivity contribution >= 4 is 0 Å². The summed E-state index contributed by atoms with van der Waals surface area (Å²) in [5.41, 5.74) is 10.3. The predicted octanol–water partition coefficient (Wildman–Crippen LogP) is 12.1. The number of hydrogen-bond acceptors (Lipinski definition) is 4. The van der Waals surface area contributed by atoms with Crippen molar-refractivity contribution in [3.05, 3.63) is 163 Å². The summed E-state index contributed by atoms with van der Waals surface area (Å²) in [6.45, 7) is 0. The molecule has 0 N–H and O–H groups in total. The fraction of sp³-hybridized carbons (Fsp3) is 0.204. The SMILES string of the molecule is c1ccc(-c2ccc(-c3nc(-c4ccc(-c5ccccc5)cc4)nc(-c4ccc5c(c4)Oc4ccccc4C54C5CC6CC(C5)CC4C6)n3)cc2)cc1. The molecule has 256 valence electrons. The van der Waals surface area contributed by atoms with Crippen LogP contribution in [0, 0.1) is 23.7 Å². The Bertz CT molecular complexity index is 2340. The number of rotatable bonds is 5. The van der Waals surface area contributed by atoms with Crippen LogP contribution in [-0.4, -0.2) is 15.0 Å². The first-order chi connectivity index (χ1) is 26.2. The number of benzene rings is 6. The van der Waals surface area contributed by atoms with Gasteiger partial charge in [-0.05, 0) is 90.2 Å². The van der Waals surface area contributed by atoms with Crippen LogP contribution >= 0.6 is 0 Å². The molecule has 4 aliphatic carbocycles. The molecular formula is C49H39N3O. The predicted molar refractivity (Wildman–Crippen MR) is 211 cm³/mol. The van der Waals surface area contributed by atoms with E-state index in [2.05, 4.69) is 140 Å². The molecule has 7 aromatic rings. The highest BCUT2D eigenvalue weighted by Crippen LogP contribution is 2.68. The molecule has 2 heterocycles. The Morgan fingerprint density at radius 1 is 0.377 bits per heavy atom. The molecule has 0 amide bonds. The molecule has 1 aliphatic heterocycles. The first-order valence-electron chi connectivity index (χ1n) is 19.2. The molecule has 4 bridgehead atoms. The normalized spacial score (nSPS) is 23.3. The van der Waals surface area contributed by atoms with E-state index in [-0.39, 0.29) is 5.41 Å². The minimum absolute atomic E-state index is 0.00649. The molecule has 1 spiro atoms. The van der Waals surface area contributed by atoms with Crippen molar-refractivity contribution in [2.24, 2.45) is 23.7 Å². The lowest BCUT2D eigenvalue weighted by Crippen LogP contribution is -2.56. The van der Waals surface area contributed by atoms with Gasteiger partial charge in [-0.15, -0.1) is 0 Å². The Balaban J connectivity index is 1.03. The van der Waals surface area contributed by atoms with E-state index in [1.165, 1.54) is 54.4 Å². The summed E-state index contributed by atoms with van der Waals surface area (Å²) in [6.07, 6.45) is 6.74. The maximum atomic E-state index is 6.84. The van der Waals surface area contributed by atoms with Crippen molar-refractivity contribution in [3.63, 3.8) is 0 Å². The quantitative estimate of drug-likeness (QED) is 0.181. The summed E-state index contributed by atoms with van der Waals surface area (Å²) in [4.78, 5) is 15.4. The first-order valence-corrected chi connectivity index (χ1v) is 19.2. The largest absolute Gasteiger partial charge is 0.457 e. The van der Waals surface area contributed by atoms with Crippen molar-refractivity contribution < 1.29 is 4.74 Å². The topological polar surface area (TPSA) is 47.9 Å². The third-order valence-corrected chi connectivity index (χ3v) is 12.8. The molecule has 0 atom stereocenters. The van der Waals surface area contributed by atoms with E-state index in [1.54, 1.807) is 0 Å². The van der Waals surface area contributed by atoms with Crippen LogP contribution in [0.15, 0.2) is 152 Å². The second-order valence-electron chi connectivity index (χ2n) is 15.7. The smallest absolute Gasteiger partial charge is 0.164 e. The minimum Gasteiger partial charge on any atom is -0.457 e. The Hall–Kier alpha value is -5.87. The van der Waals surface area contributed by atoms with Crippen LogP contribution < -0.4 is 4.74 Å². The molecule has 6 aromatic carbocycles. The van der Waals surface area contributed by atoms with Crippen LogP contribution in [0.3, 0.4) is 0 Å². The van der Waals surface area contributed by atoms with Gasteiger partial charge in [0.15, 0.2) is 17.5 Å². The molecule has 0 saturated heterocycles. The van der Waals surface area contributed by atoms with Gasteiger partial charge in [-0.3, -0.25) is 0 Å². The summed E-state index contributed by atoms with van der Waals surface area (Å²) >= 11 is 0. The molecule has 5 aliphatic rings. The molecular weight excluding hydrogens is 647 g/mol. The lowest BCUT2D eigenvalue weighted by molar-refractivity contribution is -0.0452. The van der Waals surface area contributed by atoms with Gasteiger partial charge in [0, 0.05) is 33.2 Å². The highest BCUT2D eigenvalue weighted by atomic mass is 16.5. The van der Waals surface area contributed by atoms with E-state index < -0.39 is 0 Å². The number of aromatic nitrogens is 3. The fourth-order valence-corrected chi connectivity index (χ4v) is 10.7. The van der Waals surface area contributed by atoms with Gasteiger partial charge < -0.3 is 4.74 Å². The molecule has 4 saturated carbocycles. The summed E-state index contributed by atoms with van der Waals surface area (Å²) in [6, 6.07) is 53.7. The molecule has 1 aromatic heterocycles. The van der Waals surface area contributed by atoms with Crippen molar-refractivity contribution in [1.29, 1.82) is 0 Å². The van der Waals surface area contributed by atoms with Gasteiger partial charge >= 0.3 is 0 Å². The van der Waals surface area contributed by atoms with Crippen molar-refractivity contribution in [2.45, 2.75) is 37.5 Å². The van der Waals surface area contributed by atoms with Gasteiger partial charge in [-0.2, -0.15) is 0 Å². The zero-order valence-corrected chi connectivity index (χ0v) is 29.5. The first kappa shape index (κ1) is 30.7. The van der Waals surface area contributed by atoms with Gasteiger partial charge in [0.1, 0.15) is 11.5 Å². The zero-order chi connectivity index (χ0) is 34.9. The molecule has 0 radical (unpaired) electrons. The number of para-hydroxylation sites is 1. The van der Waals surface area contributed by atoms with Crippen LogP contribution in [0.4, 0.5) is 0 Å². The molecule has 12 rings (SSSR count). The molecule has 4 heteroatoms. The maximum Gasteiger partial charge on any atom is 0.164 e. The van der Waals surface area contributed by atoms with E-state index in [4.69, 9.17) is 19.7 Å².